The summed E-state index contributed by atoms with van der Waals surface area (Å²) in [4.78, 5) is 22.9. The molecule has 2 N–H and O–H groups in total. The van der Waals surface area contributed by atoms with Gasteiger partial charge in [-0.2, -0.15) is 0 Å². The number of rotatable bonds is 6. The van der Waals surface area contributed by atoms with Crippen molar-refractivity contribution >= 4 is 11.9 Å². The van der Waals surface area contributed by atoms with E-state index in [9.17, 15) is 9.59 Å². The Morgan fingerprint density at radius 2 is 2.05 bits per heavy atom. The minimum absolute atomic E-state index is 0.153. The van der Waals surface area contributed by atoms with E-state index in [1.54, 1.807) is 7.11 Å². The molecule has 5 nitrogen and oxygen atoms in total. The second-order valence-electron chi connectivity index (χ2n) is 5.48. The fraction of sp³-hybridized carbons (Fsp3) is 0.500. The molecule has 0 bridgehead atoms. The van der Waals surface area contributed by atoms with Gasteiger partial charge in [0.2, 0.25) is 5.91 Å². The summed E-state index contributed by atoms with van der Waals surface area (Å²) < 4.78 is 5.30. The molecule has 1 saturated carbocycles. The zero-order valence-corrected chi connectivity index (χ0v) is 12.4. The van der Waals surface area contributed by atoms with Gasteiger partial charge in [0.1, 0.15) is 5.75 Å². The van der Waals surface area contributed by atoms with E-state index in [1.807, 2.05) is 25.1 Å². The first-order chi connectivity index (χ1) is 10.0. The maximum absolute atomic E-state index is 11.9. The van der Waals surface area contributed by atoms with Crippen LogP contribution in [-0.2, 0) is 16.0 Å². The van der Waals surface area contributed by atoms with Crippen molar-refractivity contribution in [1.29, 1.82) is 0 Å². The number of benzene rings is 1. The van der Waals surface area contributed by atoms with Gasteiger partial charge < -0.3 is 15.2 Å². The van der Waals surface area contributed by atoms with Crippen LogP contribution in [0.3, 0.4) is 0 Å². The van der Waals surface area contributed by atoms with E-state index < -0.39 is 11.9 Å². The van der Waals surface area contributed by atoms with Gasteiger partial charge in [0.15, 0.2) is 0 Å². The molecule has 1 aromatic rings. The molecule has 0 heterocycles. The van der Waals surface area contributed by atoms with E-state index >= 15 is 0 Å². The van der Waals surface area contributed by atoms with Gasteiger partial charge in [0, 0.05) is 6.54 Å². The number of methoxy groups -OCH3 is 1. The van der Waals surface area contributed by atoms with Gasteiger partial charge in [-0.05, 0) is 37.8 Å². The minimum Gasteiger partial charge on any atom is -0.496 e. The third kappa shape index (κ3) is 3.54. The number of ether oxygens (including phenoxy) is 1. The Bertz CT molecular complexity index is 541. The number of carboxylic acids is 1. The van der Waals surface area contributed by atoms with E-state index in [1.165, 1.54) is 0 Å². The number of aliphatic carboxylic acids is 1. The average Bonchev–Trinajstić information content (AvgIpc) is 2.37. The van der Waals surface area contributed by atoms with Gasteiger partial charge in [-0.1, -0.05) is 17.7 Å². The van der Waals surface area contributed by atoms with Crippen LogP contribution in [0, 0.1) is 18.8 Å². The highest BCUT2D eigenvalue weighted by Crippen LogP contribution is 2.34. The number of hydrogen-bond acceptors (Lipinski definition) is 3. The molecular formula is C16H21NO4. The Morgan fingerprint density at radius 1 is 1.33 bits per heavy atom. The molecule has 1 aromatic carbocycles. The van der Waals surface area contributed by atoms with Crippen LogP contribution < -0.4 is 10.1 Å². The fourth-order valence-electron chi connectivity index (χ4n) is 2.66. The van der Waals surface area contributed by atoms with Crippen molar-refractivity contribution in [3.63, 3.8) is 0 Å². The van der Waals surface area contributed by atoms with Crippen LogP contribution in [0.2, 0.25) is 0 Å². The number of carbonyl (C=O) groups is 2. The maximum Gasteiger partial charge on any atom is 0.307 e. The van der Waals surface area contributed by atoms with Crippen molar-refractivity contribution in [2.45, 2.75) is 26.2 Å². The van der Waals surface area contributed by atoms with Crippen LogP contribution >= 0.6 is 0 Å². The molecule has 2 unspecified atom stereocenters. The molecule has 0 saturated heterocycles. The predicted octanol–water partition coefficient (Wildman–Crippen LogP) is 1.77. The van der Waals surface area contributed by atoms with E-state index in [4.69, 9.17) is 9.84 Å². The largest absolute Gasteiger partial charge is 0.496 e. The SMILES string of the molecule is COc1ccc(C)cc1CCNC(=O)C1CCC1C(=O)O. The standard InChI is InChI=1S/C16H21NO4/c1-10-3-6-14(21-2)11(9-10)7-8-17-15(18)12-4-5-13(12)16(19)20/h3,6,9,12-13H,4-5,7-8H2,1-2H3,(H,17,18)(H,19,20). The molecule has 2 atom stereocenters. The van der Waals surface area contributed by atoms with Crippen LogP contribution in [0.25, 0.3) is 0 Å². The van der Waals surface area contributed by atoms with Crippen LogP contribution in [0.15, 0.2) is 18.2 Å². The Balaban J connectivity index is 1.86. The number of nitrogens with one attached hydrogen (secondary N) is 1. The highest BCUT2D eigenvalue weighted by Gasteiger charge is 2.41. The molecule has 0 radical (unpaired) electrons. The molecule has 0 spiro atoms. The summed E-state index contributed by atoms with van der Waals surface area (Å²) in [7, 11) is 1.62. The fourth-order valence-corrected chi connectivity index (χ4v) is 2.66. The Hall–Kier alpha value is -2.04. The highest BCUT2D eigenvalue weighted by atomic mass is 16.5. The van der Waals surface area contributed by atoms with Crippen molar-refractivity contribution in [2.75, 3.05) is 13.7 Å². The zero-order valence-electron chi connectivity index (χ0n) is 12.4. The monoisotopic (exact) mass is 291 g/mol. The third-order valence-electron chi connectivity index (χ3n) is 4.06. The molecule has 1 aliphatic carbocycles. The van der Waals surface area contributed by atoms with E-state index in [-0.39, 0.29) is 11.8 Å². The Kier molecular flexibility index (Phi) is 4.83. The lowest BCUT2D eigenvalue weighted by Gasteiger charge is -2.31. The van der Waals surface area contributed by atoms with Crippen LogP contribution in [0.4, 0.5) is 0 Å². The van der Waals surface area contributed by atoms with Gasteiger partial charge in [0.25, 0.3) is 0 Å². The topological polar surface area (TPSA) is 75.6 Å². The molecule has 0 aliphatic heterocycles. The molecule has 21 heavy (non-hydrogen) atoms. The van der Waals surface area contributed by atoms with Crippen molar-refractivity contribution in [1.82, 2.24) is 5.32 Å². The smallest absolute Gasteiger partial charge is 0.307 e. The lowest BCUT2D eigenvalue weighted by molar-refractivity contribution is -0.152. The summed E-state index contributed by atoms with van der Waals surface area (Å²) in [5, 5.41) is 11.8. The summed E-state index contributed by atoms with van der Waals surface area (Å²) in [6.45, 7) is 2.49. The van der Waals surface area contributed by atoms with Gasteiger partial charge in [-0.15, -0.1) is 0 Å². The first kappa shape index (κ1) is 15.4. The molecule has 5 heteroatoms. The Labute approximate surface area is 124 Å². The predicted molar refractivity (Wildman–Crippen MR) is 78.3 cm³/mol. The maximum atomic E-state index is 11.9. The van der Waals surface area contributed by atoms with Crippen molar-refractivity contribution in [2.24, 2.45) is 11.8 Å². The molecule has 1 amide bonds. The third-order valence-corrected chi connectivity index (χ3v) is 4.06. The second kappa shape index (κ2) is 6.61. The van der Waals surface area contributed by atoms with Crippen LogP contribution in [0.1, 0.15) is 24.0 Å². The lowest BCUT2D eigenvalue weighted by Crippen LogP contribution is -2.44. The molecule has 114 valence electrons. The minimum atomic E-state index is -0.873. The summed E-state index contributed by atoms with van der Waals surface area (Å²) in [6.07, 6.45) is 1.93. The lowest BCUT2D eigenvalue weighted by atomic mass is 9.73. The average molecular weight is 291 g/mol. The highest BCUT2D eigenvalue weighted by molar-refractivity contribution is 5.86. The van der Waals surface area contributed by atoms with Crippen LogP contribution in [0.5, 0.6) is 5.75 Å². The second-order valence-corrected chi connectivity index (χ2v) is 5.48. The normalized spacial score (nSPS) is 20.5. The summed E-state index contributed by atoms with van der Waals surface area (Å²) in [5.41, 5.74) is 2.18. The van der Waals surface area contributed by atoms with E-state index in [2.05, 4.69) is 5.32 Å². The zero-order chi connectivity index (χ0) is 15.4. The molecule has 0 aromatic heterocycles. The van der Waals surface area contributed by atoms with Crippen molar-refractivity contribution < 1.29 is 19.4 Å². The molecular weight excluding hydrogens is 270 g/mol. The number of aryl methyl sites for hydroxylation is 1. The van der Waals surface area contributed by atoms with Gasteiger partial charge in [0.05, 0.1) is 18.9 Å². The molecule has 1 fully saturated rings. The van der Waals surface area contributed by atoms with Crippen molar-refractivity contribution in [3.8, 4) is 5.75 Å². The number of hydrogen-bond donors (Lipinski definition) is 2. The van der Waals surface area contributed by atoms with Crippen molar-refractivity contribution in [3.05, 3.63) is 29.3 Å². The number of carbonyl (C=O) groups excluding carboxylic acids is 1. The summed E-state index contributed by atoms with van der Waals surface area (Å²) in [5.74, 6) is -1.11. The molecule has 2 rings (SSSR count). The number of carboxylic acid groups (broad SMARTS) is 1. The summed E-state index contributed by atoms with van der Waals surface area (Å²) in [6, 6.07) is 5.93. The molecule has 1 aliphatic rings. The van der Waals surface area contributed by atoms with Crippen LogP contribution in [-0.4, -0.2) is 30.6 Å². The number of amides is 1. The summed E-state index contributed by atoms with van der Waals surface area (Å²) >= 11 is 0. The van der Waals surface area contributed by atoms with Gasteiger partial charge in [-0.3, -0.25) is 9.59 Å². The first-order valence-electron chi connectivity index (χ1n) is 7.17. The first-order valence-corrected chi connectivity index (χ1v) is 7.17. The quantitative estimate of drug-likeness (QED) is 0.837. The van der Waals surface area contributed by atoms with E-state index in [0.717, 1.165) is 16.9 Å². The van der Waals surface area contributed by atoms with Gasteiger partial charge in [-0.25, -0.2) is 0 Å². The van der Waals surface area contributed by atoms with Gasteiger partial charge >= 0.3 is 5.97 Å². The Morgan fingerprint density at radius 3 is 2.62 bits per heavy atom. The van der Waals surface area contributed by atoms with E-state index in [0.29, 0.717) is 25.8 Å².